The summed E-state index contributed by atoms with van der Waals surface area (Å²) < 4.78 is 52.6. The molecule has 234 valence electrons. The van der Waals surface area contributed by atoms with Crippen LogP contribution in [0.2, 0.25) is 0 Å². The summed E-state index contributed by atoms with van der Waals surface area (Å²) in [5.41, 5.74) is 9.40. The molecule has 0 radical (unpaired) electrons. The van der Waals surface area contributed by atoms with Gasteiger partial charge in [-0.15, -0.1) is 0 Å². The number of nitrogens with two attached hydrogens (primary N) is 2. The van der Waals surface area contributed by atoms with E-state index in [0.717, 1.165) is 42.0 Å². The van der Waals surface area contributed by atoms with Crippen LogP contribution in [0.5, 0.6) is 0 Å². The maximum atomic E-state index is 13.8. The molecule has 43 heavy (non-hydrogen) atoms. The van der Waals surface area contributed by atoms with Gasteiger partial charge in [-0.3, -0.25) is 23.8 Å². The van der Waals surface area contributed by atoms with Crippen molar-refractivity contribution >= 4 is 28.7 Å². The number of benzene rings is 2. The highest BCUT2D eigenvalue weighted by Gasteiger charge is 2.32. The van der Waals surface area contributed by atoms with Gasteiger partial charge in [-0.1, -0.05) is 6.07 Å². The molecular weight excluding hydrogens is 564 g/mol. The van der Waals surface area contributed by atoms with Gasteiger partial charge in [0.05, 0.1) is 30.3 Å². The van der Waals surface area contributed by atoms with E-state index in [2.05, 4.69) is 29.2 Å². The lowest BCUT2D eigenvalue weighted by atomic mass is 10.1. The SMILES string of the molecule is CF.Cc1ccc(C(=O)Nc2cc(N3CCN(C(C)C)CC3)cc(C(F)(F)F)c2)cc1N(N)/C=C(\N)c1cnn(C)c1C. The summed E-state index contributed by atoms with van der Waals surface area (Å²) in [4.78, 5) is 17.4. The zero-order valence-corrected chi connectivity index (χ0v) is 25.3. The van der Waals surface area contributed by atoms with Crippen molar-refractivity contribution in [2.24, 2.45) is 18.6 Å². The topological polar surface area (TPSA) is 109 Å². The molecule has 0 bridgehead atoms. The molecule has 0 atom stereocenters. The van der Waals surface area contributed by atoms with Crippen molar-refractivity contribution in [2.75, 3.05) is 48.6 Å². The fourth-order valence-electron chi connectivity index (χ4n) is 4.83. The lowest BCUT2D eigenvalue weighted by Gasteiger charge is -2.38. The normalized spacial score (nSPS) is 14.4. The highest BCUT2D eigenvalue weighted by atomic mass is 19.4. The number of hydrogen-bond donors (Lipinski definition) is 3. The van der Waals surface area contributed by atoms with E-state index in [4.69, 9.17) is 11.6 Å². The van der Waals surface area contributed by atoms with Crippen molar-refractivity contribution in [3.05, 3.63) is 76.7 Å². The number of anilines is 3. The average Bonchev–Trinajstić information content (AvgIpc) is 3.31. The monoisotopic (exact) mass is 604 g/mol. The van der Waals surface area contributed by atoms with Crippen LogP contribution in [0.3, 0.4) is 0 Å². The molecule has 1 aromatic heterocycles. The third kappa shape index (κ3) is 8.05. The average molecular weight is 605 g/mol. The van der Waals surface area contributed by atoms with Crippen molar-refractivity contribution < 1.29 is 22.4 Å². The quantitative estimate of drug-likeness (QED) is 0.197. The number of piperazine rings is 1. The molecule has 2 heterocycles. The van der Waals surface area contributed by atoms with Crippen LogP contribution in [-0.2, 0) is 13.2 Å². The van der Waals surface area contributed by atoms with E-state index in [9.17, 15) is 22.4 Å². The minimum atomic E-state index is -4.56. The standard InChI is InChI=1S/C29H37F3N8O.CH3F/c1-18(2)38-8-10-39(11-9-38)24-14-22(29(30,31)32)13-23(15-24)36-28(41)21-7-6-19(3)27(12-21)40(34)17-26(33)25-16-35-37(5)20(25)4;1-2/h6-7,12-18H,8-11,33-34H2,1-5H3,(H,36,41);1H3/b26-17-;. The summed E-state index contributed by atoms with van der Waals surface area (Å²) in [5.74, 6) is 5.73. The van der Waals surface area contributed by atoms with Gasteiger partial charge in [-0.25, -0.2) is 5.84 Å². The van der Waals surface area contributed by atoms with Crippen LogP contribution in [0.4, 0.5) is 34.6 Å². The number of nitrogens with zero attached hydrogens (tertiary/aromatic N) is 5. The third-order valence-corrected chi connectivity index (χ3v) is 7.49. The molecule has 0 unspecified atom stereocenters. The zero-order chi connectivity index (χ0) is 32.1. The molecule has 13 heteroatoms. The summed E-state index contributed by atoms with van der Waals surface area (Å²) in [7, 11) is 2.30. The molecular formula is C30H40F4N8O. The Balaban J connectivity index is 0.00000248. The smallest absolute Gasteiger partial charge is 0.397 e. The molecule has 1 fully saturated rings. The Labute approximate surface area is 249 Å². The Bertz CT molecular complexity index is 1440. The van der Waals surface area contributed by atoms with E-state index in [1.807, 2.05) is 18.7 Å². The largest absolute Gasteiger partial charge is 0.416 e. The number of carbonyl (C=O) groups excluding carboxylic acids is 1. The van der Waals surface area contributed by atoms with Gasteiger partial charge in [0.2, 0.25) is 0 Å². The van der Waals surface area contributed by atoms with E-state index < -0.39 is 17.6 Å². The Morgan fingerprint density at radius 2 is 1.72 bits per heavy atom. The minimum absolute atomic E-state index is 0.0639. The van der Waals surface area contributed by atoms with Crippen LogP contribution < -0.4 is 26.8 Å². The lowest BCUT2D eigenvalue weighted by molar-refractivity contribution is -0.137. The van der Waals surface area contributed by atoms with Crippen molar-refractivity contribution in [1.29, 1.82) is 0 Å². The molecule has 4 rings (SSSR count). The Hall–Kier alpha value is -4.10. The number of amides is 1. The Kier molecular flexibility index (Phi) is 10.8. The molecule has 1 saturated heterocycles. The molecule has 0 spiro atoms. The third-order valence-electron chi connectivity index (χ3n) is 7.49. The van der Waals surface area contributed by atoms with Crippen LogP contribution in [0.1, 0.15) is 46.6 Å². The zero-order valence-electron chi connectivity index (χ0n) is 25.3. The van der Waals surface area contributed by atoms with E-state index in [1.54, 1.807) is 42.2 Å². The van der Waals surface area contributed by atoms with Gasteiger partial charge in [-0.2, -0.15) is 18.3 Å². The first-order valence-corrected chi connectivity index (χ1v) is 13.8. The second kappa shape index (κ2) is 13.9. The van der Waals surface area contributed by atoms with Gasteiger partial charge in [0.1, 0.15) is 0 Å². The van der Waals surface area contributed by atoms with Gasteiger partial charge in [0, 0.05) is 73.7 Å². The second-order valence-electron chi connectivity index (χ2n) is 10.6. The fraction of sp³-hybridized carbons (Fsp3) is 0.400. The van der Waals surface area contributed by atoms with Crippen molar-refractivity contribution in [1.82, 2.24) is 14.7 Å². The van der Waals surface area contributed by atoms with Gasteiger partial charge < -0.3 is 16.0 Å². The van der Waals surface area contributed by atoms with Crippen LogP contribution in [0.15, 0.2) is 48.8 Å². The first-order chi connectivity index (χ1) is 20.2. The van der Waals surface area contributed by atoms with Crippen molar-refractivity contribution in [2.45, 2.75) is 39.9 Å². The van der Waals surface area contributed by atoms with Crippen LogP contribution in [-0.4, -0.2) is 60.0 Å². The van der Waals surface area contributed by atoms with Gasteiger partial charge >= 0.3 is 6.18 Å². The molecule has 0 saturated carbocycles. The Morgan fingerprint density at radius 3 is 2.28 bits per heavy atom. The predicted molar refractivity (Wildman–Crippen MR) is 163 cm³/mol. The molecule has 2 aromatic carbocycles. The van der Waals surface area contributed by atoms with Gasteiger partial charge in [-0.05, 0) is 63.6 Å². The molecule has 0 aliphatic carbocycles. The summed E-state index contributed by atoms with van der Waals surface area (Å²) in [6, 6.07) is 8.93. The maximum Gasteiger partial charge on any atom is 0.416 e. The predicted octanol–water partition coefficient (Wildman–Crippen LogP) is 5.06. The Morgan fingerprint density at radius 1 is 1.07 bits per heavy atom. The number of hydrazine groups is 1. The minimum Gasteiger partial charge on any atom is -0.397 e. The highest BCUT2D eigenvalue weighted by molar-refractivity contribution is 6.05. The molecule has 9 nitrogen and oxygen atoms in total. The number of alkyl halides is 4. The first kappa shape index (κ1) is 33.4. The molecule has 1 aliphatic rings. The number of carbonyl (C=O) groups is 1. The van der Waals surface area contributed by atoms with Gasteiger partial charge in [0.15, 0.2) is 0 Å². The van der Waals surface area contributed by atoms with E-state index in [0.29, 0.717) is 43.4 Å². The maximum absolute atomic E-state index is 13.8. The molecule has 5 N–H and O–H groups in total. The molecule has 3 aromatic rings. The summed E-state index contributed by atoms with van der Waals surface area (Å²) >= 11 is 0. The number of halogens is 4. The summed E-state index contributed by atoms with van der Waals surface area (Å²) in [6.07, 6.45) is -1.39. The van der Waals surface area contributed by atoms with E-state index in [-0.39, 0.29) is 11.3 Å². The van der Waals surface area contributed by atoms with Crippen molar-refractivity contribution in [3.8, 4) is 0 Å². The number of hydrogen-bond acceptors (Lipinski definition) is 7. The summed E-state index contributed by atoms with van der Waals surface area (Å²) in [6.45, 7) is 10.6. The first-order valence-electron chi connectivity index (χ1n) is 13.8. The number of aryl methyl sites for hydroxylation is 2. The van der Waals surface area contributed by atoms with Gasteiger partial charge in [0.25, 0.3) is 5.91 Å². The van der Waals surface area contributed by atoms with E-state index in [1.165, 1.54) is 11.2 Å². The number of nitrogens with one attached hydrogen (secondary N) is 1. The number of rotatable bonds is 7. The molecule has 1 aliphatic heterocycles. The van der Waals surface area contributed by atoms with Crippen LogP contribution >= 0.6 is 0 Å². The highest BCUT2D eigenvalue weighted by Crippen LogP contribution is 2.35. The second-order valence-corrected chi connectivity index (χ2v) is 10.6. The van der Waals surface area contributed by atoms with Crippen LogP contribution in [0.25, 0.3) is 5.70 Å². The summed E-state index contributed by atoms with van der Waals surface area (Å²) in [5, 5.41) is 8.15. The molecule has 1 amide bonds. The van der Waals surface area contributed by atoms with E-state index >= 15 is 0 Å². The fourth-order valence-corrected chi connectivity index (χ4v) is 4.83. The van der Waals surface area contributed by atoms with Crippen molar-refractivity contribution in [3.63, 3.8) is 0 Å². The van der Waals surface area contributed by atoms with Crippen LogP contribution in [0, 0.1) is 13.8 Å². The number of aromatic nitrogens is 2. The lowest BCUT2D eigenvalue weighted by Crippen LogP contribution is -2.49.